The Kier molecular flexibility index (Phi) is 10.8. The molecule has 0 spiro atoms. The number of benzene rings is 2. The Morgan fingerprint density at radius 1 is 1.21 bits per heavy atom. The molecule has 9 nitrogen and oxygen atoms in total. The van der Waals surface area contributed by atoms with Gasteiger partial charge in [0, 0.05) is 53.8 Å². The van der Waals surface area contributed by atoms with Crippen LogP contribution in [0.4, 0.5) is 0 Å². The second kappa shape index (κ2) is 14.2. The molecule has 2 heterocycles. The number of nitrogens with one attached hydrogen (secondary N) is 4. The third-order valence-corrected chi connectivity index (χ3v) is 8.10. The summed E-state index contributed by atoms with van der Waals surface area (Å²) < 4.78 is 0. The molecule has 0 unspecified atom stereocenters. The van der Waals surface area contributed by atoms with Gasteiger partial charge >= 0.3 is 0 Å². The number of piperazine rings is 1. The van der Waals surface area contributed by atoms with Crippen molar-refractivity contribution in [1.29, 1.82) is 0 Å². The van der Waals surface area contributed by atoms with Crippen LogP contribution in [-0.4, -0.2) is 71.7 Å². The van der Waals surface area contributed by atoms with Crippen LogP contribution in [0.5, 0.6) is 0 Å². The van der Waals surface area contributed by atoms with E-state index in [2.05, 4.69) is 63.5 Å². The number of aromatic nitrogens is 1. The summed E-state index contributed by atoms with van der Waals surface area (Å²) in [5, 5.41) is 5.28. The first-order valence-corrected chi connectivity index (χ1v) is 14.2. The molecular weight excluding hydrogens is 512 g/mol. The van der Waals surface area contributed by atoms with E-state index in [0.29, 0.717) is 24.7 Å². The van der Waals surface area contributed by atoms with Crippen LogP contribution in [0.3, 0.4) is 0 Å². The number of aromatic amines is 1. The highest BCUT2D eigenvalue weighted by Gasteiger charge is 2.36. The van der Waals surface area contributed by atoms with E-state index < -0.39 is 6.04 Å². The maximum absolute atomic E-state index is 13.7. The zero-order valence-electron chi connectivity index (χ0n) is 23.1. The second-order valence-electron chi connectivity index (χ2n) is 10.6. The number of para-hydroxylation sites is 1. The second-order valence-corrected chi connectivity index (χ2v) is 11.1. The fourth-order valence-corrected chi connectivity index (χ4v) is 5.85. The first-order chi connectivity index (χ1) is 18.9. The zero-order chi connectivity index (χ0) is 27.8. The Morgan fingerprint density at radius 3 is 2.82 bits per heavy atom. The van der Waals surface area contributed by atoms with E-state index >= 15 is 0 Å². The van der Waals surface area contributed by atoms with E-state index in [1.54, 1.807) is 0 Å². The van der Waals surface area contributed by atoms with E-state index in [-0.39, 0.29) is 18.0 Å². The third-order valence-electron chi connectivity index (χ3n) is 7.86. The molecule has 4 rings (SSSR count). The van der Waals surface area contributed by atoms with Gasteiger partial charge in [-0.25, -0.2) is 5.43 Å². The van der Waals surface area contributed by atoms with E-state index in [9.17, 15) is 4.79 Å². The van der Waals surface area contributed by atoms with Crippen molar-refractivity contribution in [2.75, 3.05) is 32.8 Å². The molecule has 212 valence electrons. The van der Waals surface area contributed by atoms with Crippen molar-refractivity contribution in [3.63, 3.8) is 0 Å². The molecule has 3 atom stereocenters. The number of hydrogen-bond acceptors (Lipinski definition) is 7. The van der Waals surface area contributed by atoms with Crippen LogP contribution in [0.1, 0.15) is 36.5 Å². The van der Waals surface area contributed by atoms with Gasteiger partial charge in [0.05, 0.1) is 12.7 Å². The quantitative estimate of drug-likeness (QED) is 0.0829. The van der Waals surface area contributed by atoms with E-state index in [0.717, 1.165) is 50.0 Å². The number of amides is 1. The van der Waals surface area contributed by atoms with Crippen molar-refractivity contribution in [2.45, 2.75) is 57.7 Å². The molecule has 10 heteroatoms. The molecule has 0 bridgehead atoms. The molecule has 8 N–H and O–H groups in total. The van der Waals surface area contributed by atoms with Gasteiger partial charge in [0.15, 0.2) is 0 Å². The molecule has 1 fully saturated rings. The molecule has 0 radical (unpaired) electrons. The number of H-pyrrole nitrogens is 1. The summed E-state index contributed by atoms with van der Waals surface area (Å²) in [4.78, 5) is 21.7. The summed E-state index contributed by atoms with van der Waals surface area (Å²) in [6.07, 6.45) is 5.43. The SMILES string of the molecule is Cc1cc(Cl)ccc1C[C@@H](N)C(=O)N1C[C@@H](C)N(CCc2c[nH]c3ccccc23)C[C@@H]1CCCNCNNN. The lowest BCUT2D eigenvalue weighted by molar-refractivity contribution is -0.139. The van der Waals surface area contributed by atoms with Gasteiger partial charge in [-0.3, -0.25) is 15.5 Å². The van der Waals surface area contributed by atoms with Crippen LogP contribution in [0.2, 0.25) is 5.02 Å². The Hall–Kier alpha value is -2.50. The standard InChI is InChI=1S/C29H43ClN8O/c1-20-14-24(30)10-9-22(20)15-27(31)29(39)38-17-21(2)37(18-25(38)6-5-12-33-19-35-36-32)13-11-23-16-34-28-8-4-3-7-26(23)28/h3-4,7-10,14,16,21,25,27,33-36H,5-6,11-13,15,17-19,31-32H2,1-2H3/t21-,25+,27-/m1/s1. The smallest absolute Gasteiger partial charge is 0.240 e. The summed E-state index contributed by atoms with van der Waals surface area (Å²) in [5.41, 5.74) is 16.4. The van der Waals surface area contributed by atoms with Gasteiger partial charge in [-0.1, -0.05) is 35.9 Å². The van der Waals surface area contributed by atoms with Gasteiger partial charge in [-0.05, 0) is 81.0 Å². The predicted octanol–water partition coefficient (Wildman–Crippen LogP) is 2.44. The normalized spacial score (nSPS) is 19.1. The minimum Gasteiger partial charge on any atom is -0.361 e. The molecule has 3 aromatic rings. The van der Waals surface area contributed by atoms with E-state index in [1.165, 1.54) is 16.5 Å². The molecule has 0 aliphatic carbocycles. The summed E-state index contributed by atoms with van der Waals surface area (Å²) in [6, 6.07) is 14.0. The molecule has 1 aromatic heterocycles. The van der Waals surface area contributed by atoms with Crippen LogP contribution in [0.25, 0.3) is 10.9 Å². The molecule has 1 aliphatic heterocycles. The Bertz CT molecular complexity index is 1220. The van der Waals surface area contributed by atoms with Crippen LogP contribution < -0.4 is 27.9 Å². The molecule has 1 aliphatic rings. The number of hydrogen-bond donors (Lipinski definition) is 6. The number of carbonyl (C=O) groups excluding carboxylic acids is 1. The lowest BCUT2D eigenvalue weighted by Crippen LogP contribution is -2.62. The van der Waals surface area contributed by atoms with Crippen LogP contribution in [0, 0.1) is 6.92 Å². The van der Waals surface area contributed by atoms with Crippen molar-refractivity contribution < 1.29 is 4.79 Å². The van der Waals surface area contributed by atoms with Crippen molar-refractivity contribution in [2.24, 2.45) is 11.6 Å². The lowest BCUT2D eigenvalue weighted by atomic mass is 9.97. The van der Waals surface area contributed by atoms with Gasteiger partial charge < -0.3 is 20.9 Å². The molecular formula is C29H43ClN8O. The minimum atomic E-state index is -0.588. The lowest BCUT2D eigenvalue weighted by Gasteiger charge is -2.46. The monoisotopic (exact) mass is 554 g/mol. The van der Waals surface area contributed by atoms with Gasteiger partial charge in [-0.2, -0.15) is 5.53 Å². The van der Waals surface area contributed by atoms with Gasteiger partial charge in [0.25, 0.3) is 0 Å². The zero-order valence-corrected chi connectivity index (χ0v) is 23.8. The van der Waals surface area contributed by atoms with Crippen LogP contribution >= 0.6 is 11.6 Å². The summed E-state index contributed by atoms with van der Waals surface area (Å²) in [5.74, 6) is 5.29. The fourth-order valence-electron chi connectivity index (χ4n) is 5.62. The topological polar surface area (TPSA) is 127 Å². The molecule has 1 amide bonds. The summed E-state index contributed by atoms with van der Waals surface area (Å²) in [6.45, 7) is 8.09. The number of hydrazine groups is 2. The van der Waals surface area contributed by atoms with E-state index in [1.807, 2.05) is 30.0 Å². The average Bonchev–Trinajstić information content (AvgIpc) is 3.34. The summed E-state index contributed by atoms with van der Waals surface area (Å²) >= 11 is 6.13. The number of aryl methyl sites for hydroxylation is 1. The fraction of sp³-hybridized carbons (Fsp3) is 0.483. The Labute approximate surface area is 236 Å². The number of halogens is 1. The highest BCUT2D eigenvalue weighted by molar-refractivity contribution is 6.30. The number of nitrogens with zero attached hydrogens (tertiary/aromatic N) is 2. The molecule has 39 heavy (non-hydrogen) atoms. The maximum Gasteiger partial charge on any atom is 0.240 e. The Balaban J connectivity index is 1.41. The van der Waals surface area contributed by atoms with Crippen LogP contribution in [-0.2, 0) is 17.6 Å². The largest absolute Gasteiger partial charge is 0.361 e. The maximum atomic E-state index is 13.7. The average molecular weight is 555 g/mol. The van der Waals surface area contributed by atoms with Crippen molar-refractivity contribution in [3.8, 4) is 0 Å². The number of fused-ring (bicyclic) bond motifs is 1. The molecule has 0 saturated carbocycles. The van der Waals surface area contributed by atoms with E-state index in [4.69, 9.17) is 23.2 Å². The summed E-state index contributed by atoms with van der Waals surface area (Å²) in [7, 11) is 0. The first-order valence-electron chi connectivity index (χ1n) is 13.9. The van der Waals surface area contributed by atoms with Crippen LogP contribution in [0.15, 0.2) is 48.7 Å². The third kappa shape index (κ3) is 7.79. The highest BCUT2D eigenvalue weighted by atomic mass is 35.5. The van der Waals surface area contributed by atoms with Crippen molar-refractivity contribution in [1.82, 2.24) is 31.1 Å². The van der Waals surface area contributed by atoms with Gasteiger partial charge in [-0.15, -0.1) is 0 Å². The van der Waals surface area contributed by atoms with Gasteiger partial charge in [0.2, 0.25) is 5.91 Å². The first kappa shape index (κ1) is 29.5. The number of rotatable bonds is 13. The predicted molar refractivity (Wildman–Crippen MR) is 159 cm³/mol. The molecule has 2 aromatic carbocycles. The molecule has 1 saturated heterocycles. The highest BCUT2D eigenvalue weighted by Crippen LogP contribution is 2.24. The minimum absolute atomic E-state index is 0.0273. The number of carbonyl (C=O) groups is 1. The number of nitrogens with two attached hydrogens (primary N) is 2. The van der Waals surface area contributed by atoms with Crippen molar-refractivity contribution in [3.05, 3.63) is 70.4 Å². The Morgan fingerprint density at radius 2 is 2.03 bits per heavy atom. The van der Waals surface area contributed by atoms with Crippen molar-refractivity contribution >= 4 is 28.4 Å². The van der Waals surface area contributed by atoms with Gasteiger partial charge in [0.1, 0.15) is 0 Å².